The first-order valence-corrected chi connectivity index (χ1v) is 15.7. The highest BCUT2D eigenvalue weighted by molar-refractivity contribution is 9.10. The quantitative estimate of drug-likeness (QED) is 0.147. The standard InChI is InChI=1S/C35H31BrCl2N2O4/c36-30-12-5-4-11-29(30)32-35(19-6-10-24-8-2-1-3-9-24,34(42)39-23-26-13-16-27(37)22-31(26)38)40-33(44-32)25-14-17-28(18-15-25)43-21-7-20-41/h1-6,8-18,22,32,41H,7,19-21,23H2,(H,39,42)/b10-6+/t32-,35-/m1/s1. The lowest BCUT2D eigenvalue weighted by Crippen LogP contribution is -2.48. The van der Waals surface area contributed by atoms with E-state index in [0.29, 0.717) is 40.3 Å². The van der Waals surface area contributed by atoms with Crippen LogP contribution in [0.4, 0.5) is 0 Å². The van der Waals surface area contributed by atoms with Gasteiger partial charge in [-0.25, -0.2) is 4.99 Å². The van der Waals surface area contributed by atoms with Gasteiger partial charge >= 0.3 is 0 Å². The van der Waals surface area contributed by atoms with Crippen molar-refractivity contribution < 1.29 is 19.4 Å². The smallest absolute Gasteiger partial charge is 0.252 e. The van der Waals surface area contributed by atoms with Crippen molar-refractivity contribution in [3.05, 3.63) is 140 Å². The zero-order valence-corrected chi connectivity index (χ0v) is 26.9. The minimum atomic E-state index is -1.35. The summed E-state index contributed by atoms with van der Waals surface area (Å²) in [6.45, 7) is 0.657. The Morgan fingerprint density at radius 3 is 2.50 bits per heavy atom. The largest absolute Gasteiger partial charge is 0.494 e. The molecule has 0 saturated carbocycles. The first-order chi connectivity index (χ1) is 21.4. The van der Waals surface area contributed by atoms with Crippen LogP contribution in [0.25, 0.3) is 6.08 Å². The Morgan fingerprint density at radius 2 is 1.77 bits per heavy atom. The van der Waals surface area contributed by atoms with Gasteiger partial charge in [-0.3, -0.25) is 4.79 Å². The van der Waals surface area contributed by atoms with Crippen LogP contribution in [0.15, 0.2) is 113 Å². The number of amides is 1. The summed E-state index contributed by atoms with van der Waals surface area (Å²) >= 11 is 16.2. The van der Waals surface area contributed by atoms with E-state index >= 15 is 0 Å². The SMILES string of the molecule is O=C(NCc1ccc(Cl)cc1Cl)[C@]1(C/C=C/c2ccccc2)N=C(c2ccc(OCCCO)cc2)O[C@@H]1c1ccccc1Br. The Kier molecular flexibility index (Phi) is 10.8. The molecule has 1 heterocycles. The van der Waals surface area contributed by atoms with Crippen molar-refractivity contribution in [2.45, 2.75) is 31.0 Å². The first kappa shape index (κ1) is 31.8. The Labute approximate surface area is 275 Å². The Bertz CT molecular complexity index is 1650. The first-order valence-electron chi connectivity index (χ1n) is 14.2. The number of nitrogens with one attached hydrogen (secondary N) is 1. The molecule has 0 aliphatic carbocycles. The summed E-state index contributed by atoms with van der Waals surface area (Å²) in [4.78, 5) is 19.4. The van der Waals surface area contributed by atoms with Gasteiger partial charge < -0.3 is 19.9 Å². The summed E-state index contributed by atoms with van der Waals surface area (Å²) in [5, 5.41) is 13.1. The maximum Gasteiger partial charge on any atom is 0.252 e. The van der Waals surface area contributed by atoms with Crippen molar-refractivity contribution in [2.24, 2.45) is 4.99 Å². The second-order valence-electron chi connectivity index (χ2n) is 10.2. The third kappa shape index (κ3) is 7.53. The van der Waals surface area contributed by atoms with Crippen molar-refractivity contribution in [1.82, 2.24) is 5.32 Å². The normalized spacial score (nSPS) is 17.7. The number of ether oxygens (including phenoxy) is 2. The number of aliphatic hydroxyl groups is 1. The number of hydrogen-bond donors (Lipinski definition) is 2. The molecule has 1 aliphatic heterocycles. The van der Waals surface area contributed by atoms with E-state index in [1.165, 1.54) is 0 Å². The zero-order valence-electron chi connectivity index (χ0n) is 23.8. The fourth-order valence-corrected chi connectivity index (χ4v) is 5.88. The number of aliphatic hydroxyl groups excluding tert-OH is 1. The summed E-state index contributed by atoms with van der Waals surface area (Å²) in [7, 11) is 0. The van der Waals surface area contributed by atoms with Crippen molar-refractivity contribution in [3.8, 4) is 5.75 Å². The third-order valence-electron chi connectivity index (χ3n) is 7.21. The summed E-state index contributed by atoms with van der Waals surface area (Å²) in [6, 6.07) is 30.1. The second kappa shape index (κ2) is 14.9. The lowest BCUT2D eigenvalue weighted by Gasteiger charge is -2.30. The van der Waals surface area contributed by atoms with Gasteiger partial charge in [0.05, 0.1) is 6.61 Å². The molecule has 0 radical (unpaired) electrons. The minimum absolute atomic E-state index is 0.0618. The molecule has 4 aromatic carbocycles. The average molecular weight is 694 g/mol. The average Bonchev–Trinajstić information content (AvgIpc) is 3.42. The summed E-state index contributed by atoms with van der Waals surface area (Å²) < 4.78 is 13.1. The molecule has 6 nitrogen and oxygen atoms in total. The monoisotopic (exact) mass is 692 g/mol. The van der Waals surface area contributed by atoms with E-state index < -0.39 is 11.6 Å². The molecule has 2 N–H and O–H groups in total. The van der Waals surface area contributed by atoms with Crippen LogP contribution < -0.4 is 10.1 Å². The van der Waals surface area contributed by atoms with E-state index in [1.54, 1.807) is 18.2 Å². The van der Waals surface area contributed by atoms with Gasteiger partial charge in [-0.15, -0.1) is 0 Å². The summed E-state index contributed by atoms with van der Waals surface area (Å²) in [5.74, 6) is 0.708. The van der Waals surface area contributed by atoms with E-state index in [9.17, 15) is 4.79 Å². The van der Waals surface area contributed by atoms with Gasteiger partial charge in [0.1, 0.15) is 5.75 Å². The third-order valence-corrected chi connectivity index (χ3v) is 8.52. The topological polar surface area (TPSA) is 80.2 Å². The van der Waals surface area contributed by atoms with E-state index in [2.05, 4.69) is 21.2 Å². The summed E-state index contributed by atoms with van der Waals surface area (Å²) in [6.07, 6.45) is 4.01. The second-order valence-corrected chi connectivity index (χ2v) is 11.9. The van der Waals surface area contributed by atoms with Gasteiger partial charge in [-0.2, -0.15) is 0 Å². The number of halogens is 3. The molecule has 9 heteroatoms. The van der Waals surface area contributed by atoms with Gasteiger partial charge in [0.25, 0.3) is 5.91 Å². The van der Waals surface area contributed by atoms with Gasteiger partial charge in [0.2, 0.25) is 5.90 Å². The van der Waals surface area contributed by atoms with E-state index in [1.807, 2.05) is 91.0 Å². The molecule has 0 saturated heterocycles. The number of nitrogens with zero attached hydrogens (tertiary/aromatic N) is 1. The van der Waals surface area contributed by atoms with Crippen LogP contribution in [0.2, 0.25) is 10.0 Å². The molecule has 0 aromatic heterocycles. The highest BCUT2D eigenvalue weighted by atomic mass is 79.9. The lowest BCUT2D eigenvalue weighted by atomic mass is 9.84. The van der Waals surface area contributed by atoms with Crippen LogP contribution in [0.1, 0.15) is 41.2 Å². The maximum absolute atomic E-state index is 14.4. The van der Waals surface area contributed by atoms with Crippen molar-refractivity contribution >= 4 is 57.0 Å². The number of benzene rings is 4. The van der Waals surface area contributed by atoms with Gasteiger partial charge in [0.15, 0.2) is 11.6 Å². The molecular weight excluding hydrogens is 663 g/mol. The van der Waals surface area contributed by atoms with Crippen LogP contribution in [-0.4, -0.2) is 35.7 Å². The molecule has 0 bridgehead atoms. The Balaban J connectivity index is 1.54. The van der Waals surface area contributed by atoms with Crippen LogP contribution in [0, 0.1) is 0 Å². The molecule has 0 unspecified atom stereocenters. The van der Waals surface area contributed by atoms with E-state index in [-0.39, 0.29) is 25.5 Å². The number of rotatable bonds is 12. The number of aliphatic imine (C=N–C) groups is 1. The predicted octanol–water partition coefficient (Wildman–Crippen LogP) is 8.19. The van der Waals surface area contributed by atoms with Crippen LogP contribution in [0.5, 0.6) is 5.75 Å². The highest BCUT2D eigenvalue weighted by Gasteiger charge is 2.53. The van der Waals surface area contributed by atoms with E-state index in [4.69, 9.17) is 42.8 Å². The molecule has 5 rings (SSSR count). The zero-order chi connectivity index (χ0) is 30.9. The molecule has 0 fully saturated rings. The minimum Gasteiger partial charge on any atom is -0.494 e. The summed E-state index contributed by atoms with van der Waals surface area (Å²) in [5.41, 5.74) is 1.90. The molecule has 2 atom stereocenters. The van der Waals surface area contributed by atoms with Gasteiger partial charge in [0, 0.05) is 51.6 Å². The number of carbonyl (C=O) groups excluding carboxylic acids is 1. The molecule has 0 spiro atoms. The van der Waals surface area contributed by atoms with Crippen molar-refractivity contribution in [1.29, 1.82) is 0 Å². The molecule has 1 aliphatic rings. The fourth-order valence-electron chi connectivity index (χ4n) is 4.91. The fraction of sp³-hybridized carbons (Fsp3) is 0.200. The Morgan fingerprint density at radius 1 is 1.02 bits per heavy atom. The van der Waals surface area contributed by atoms with Crippen LogP contribution >= 0.6 is 39.1 Å². The van der Waals surface area contributed by atoms with Crippen molar-refractivity contribution in [2.75, 3.05) is 13.2 Å². The molecular formula is C35H31BrCl2N2O4. The van der Waals surface area contributed by atoms with Gasteiger partial charge in [-0.1, -0.05) is 106 Å². The Hall–Kier alpha value is -3.62. The highest BCUT2D eigenvalue weighted by Crippen LogP contribution is 2.45. The molecule has 1 amide bonds. The van der Waals surface area contributed by atoms with Gasteiger partial charge in [-0.05, 0) is 53.6 Å². The van der Waals surface area contributed by atoms with Crippen LogP contribution in [0.3, 0.4) is 0 Å². The van der Waals surface area contributed by atoms with Crippen LogP contribution in [-0.2, 0) is 16.1 Å². The molecule has 226 valence electrons. The maximum atomic E-state index is 14.4. The van der Waals surface area contributed by atoms with E-state index in [0.717, 1.165) is 21.2 Å². The lowest BCUT2D eigenvalue weighted by molar-refractivity contribution is -0.129. The number of carbonyl (C=O) groups is 1. The molecule has 4 aromatic rings. The number of hydrogen-bond acceptors (Lipinski definition) is 5. The molecule has 44 heavy (non-hydrogen) atoms. The van der Waals surface area contributed by atoms with Crippen molar-refractivity contribution in [3.63, 3.8) is 0 Å². The predicted molar refractivity (Wildman–Crippen MR) is 179 cm³/mol.